The molecule has 0 aliphatic heterocycles. The lowest BCUT2D eigenvalue weighted by Crippen LogP contribution is -2.35. The summed E-state index contributed by atoms with van der Waals surface area (Å²) in [5.74, 6) is 0. The number of ether oxygens (including phenoxy) is 1. The fourth-order valence-electron chi connectivity index (χ4n) is 2.60. The van der Waals surface area contributed by atoms with E-state index in [-0.39, 0.29) is 12.1 Å². The van der Waals surface area contributed by atoms with Crippen molar-refractivity contribution in [2.75, 3.05) is 13.7 Å². The highest BCUT2D eigenvalue weighted by Gasteiger charge is 2.24. The van der Waals surface area contributed by atoms with E-state index in [2.05, 4.69) is 42.5 Å². The lowest BCUT2D eigenvalue weighted by atomic mass is 10.0. The number of nitrogens with one attached hydrogen (secondary N) is 1. The highest BCUT2D eigenvalue weighted by molar-refractivity contribution is 5.33. The van der Waals surface area contributed by atoms with E-state index in [4.69, 9.17) is 4.74 Å². The van der Waals surface area contributed by atoms with Gasteiger partial charge in [-0.05, 0) is 37.6 Å². The first-order valence-electron chi connectivity index (χ1n) is 7.67. The molecule has 2 unspecified atom stereocenters. The van der Waals surface area contributed by atoms with Crippen LogP contribution in [0.1, 0.15) is 38.4 Å². The second-order valence-electron chi connectivity index (χ2n) is 5.12. The van der Waals surface area contributed by atoms with E-state index in [1.807, 2.05) is 29.1 Å². The van der Waals surface area contributed by atoms with E-state index in [0.717, 1.165) is 30.8 Å². The molecule has 0 bridgehead atoms. The normalized spacial score (nSPS) is 14.0. The van der Waals surface area contributed by atoms with E-state index in [0.29, 0.717) is 0 Å². The Kier molecular flexibility index (Phi) is 5.96. The Morgan fingerprint density at radius 1 is 1.19 bits per heavy atom. The van der Waals surface area contributed by atoms with Gasteiger partial charge in [0.15, 0.2) is 0 Å². The molecule has 0 amide bonds. The van der Waals surface area contributed by atoms with Gasteiger partial charge in [0, 0.05) is 13.3 Å². The minimum Gasteiger partial charge on any atom is -0.379 e. The molecule has 1 heterocycles. The fourth-order valence-corrected chi connectivity index (χ4v) is 2.60. The largest absolute Gasteiger partial charge is 0.379 e. The topological polar surface area (TPSA) is 39.1 Å². The average molecular weight is 287 g/mol. The summed E-state index contributed by atoms with van der Waals surface area (Å²) in [6.07, 6.45) is 4.04. The second-order valence-corrected chi connectivity index (χ2v) is 5.12. The van der Waals surface area contributed by atoms with Crippen LogP contribution in [0.4, 0.5) is 0 Å². The Bertz CT molecular complexity index is 520. The Balaban J connectivity index is 2.34. The summed E-state index contributed by atoms with van der Waals surface area (Å²) in [4.78, 5) is 0. The maximum absolute atomic E-state index is 5.67. The zero-order chi connectivity index (χ0) is 15.1. The van der Waals surface area contributed by atoms with Gasteiger partial charge in [-0.1, -0.05) is 32.0 Å². The van der Waals surface area contributed by atoms with Gasteiger partial charge in [-0.25, -0.2) is 4.68 Å². The summed E-state index contributed by atoms with van der Waals surface area (Å²) in [7, 11) is 1.78. The first kappa shape index (κ1) is 15.7. The van der Waals surface area contributed by atoms with Crippen LogP contribution in [-0.2, 0) is 4.74 Å². The van der Waals surface area contributed by atoms with Crippen LogP contribution in [0.15, 0.2) is 42.6 Å². The molecule has 2 aromatic rings. The van der Waals surface area contributed by atoms with Gasteiger partial charge in [0.05, 0.1) is 23.5 Å². The molecule has 4 heteroatoms. The van der Waals surface area contributed by atoms with Gasteiger partial charge in [0.1, 0.15) is 0 Å². The number of benzene rings is 1. The van der Waals surface area contributed by atoms with Crippen molar-refractivity contribution >= 4 is 0 Å². The van der Waals surface area contributed by atoms with E-state index in [9.17, 15) is 0 Å². The number of rotatable bonds is 8. The molecule has 0 spiro atoms. The Morgan fingerprint density at radius 2 is 1.95 bits per heavy atom. The summed E-state index contributed by atoms with van der Waals surface area (Å²) in [6.45, 7) is 5.29. The molecule has 0 fully saturated rings. The van der Waals surface area contributed by atoms with E-state index in [1.165, 1.54) is 0 Å². The number of hydrogen-bond donors (Lipinski definition) is 1. The van der Waals surface area contributed by atoms with Crippen molar-refractivity contribution in [3.63, 3.8) is 0 Å². The molecule has 2 rings (SSSR count). The molecule has 0 saturated carbocycles. The molecule has 1 aromatic carbocycles. The van der Waals surface area contributed by atoms with Gasteiger partial charge >= 0.3 is 0 Å². The third-order valence-electron chi connectivity index (χ3n) is 3.68. The first-order valence-corrected chi connectivity index (χ1v) is 7.67. The third-order valence-corrected chi connectivity index (χ3v) is 3.68. The number of para-hydroxylation sites is 1. The van der Waals surface area contributed by atoms with Gasteiger partial charge in [-0.3, -0.25) is 0 Å². The first-order chi connectivity index (χ1) is 10.3. The molecule has 0 aliphatic carbocycles. The van der Waals surface area contributed by atoms with Crippen LogP contribution in [0.5, 0.6) is 0 Å². The highest BCUT2D eigenvalue weighted by atomic mass is 16.5. The van der Waals surface area contributed by atoms with Gasteiger partial charge in [-0.2, -0.15) is 5.10 Å². The minimum absolute atomic E-state index is 0.135. The third kappa shape index (κ3) is 3.71. The standard InChI is InChI=1S/C17H25N3O/c1-4-12-18-17(16(5-2)21-3)15-11-13-19-20(15)14-9-7-6-8-10-14/h6-11,13,16-18H,4-5,12H2,1-3H3. The van der Waals surface area contributed by atoms with Crippen molar-refractivity contribution in [3.8, 4) is 5.69 Å². The second kappa shape index (κ2) is 7.96. The predicted molar refractivity (Wildman–Crippen MR) is 85.7 cm³/mol. The number of nitrogens with zero attached hydrogens (tertiary/aromatic N) is 2. The smallest absolute Gasteiger partial charge is 0.0778 e. The van der Waals surface area contributed by atoms with Crippen molar-refractivity contribution in [2.24, 2.45) is 0 Å². The van der Waals surface area contributed by atoms with E-state index >= 15 is 0 Å². The fraction of sp³-hybridized carbons (Fsp3) is 0.471. The minimum atomic E-state index is 0.135. The molecule has 1 aromatic heterocycles. The van der Waals surface area contributed by atoms with Crippen molar-refractivity contribution in [1.82, 2.24) is 15.1 Å². The molecule has 0 saturated heterocycles. The van der Waals surface area contributed by atoms with E-state index < -0.39 is 0 Å². The van der Waals surface area contributed by atoms with Crippen LogP contribution < -0.4 is 5.32 Å². The highest BCUT2D eigenvalue weighted by Crippen LogP contribution is 2.23. The lowest BCUT2D eigenvalue weighted by molar-refractivity contribution is 0.0630. The monoisotopic (exact) mass is 287 g/mol. The quantitative estimate of drug-likeness (QED) is 0.809. The molecular formula is C17H25N3O. The maximum atomic E-state index is 5.67. The number of methoxy groups -OCH3 is 1. The summed E-state index contributed by atoms with van der Waals surface area (Å²) in [6, 6.07) is 12.4. The van der Waals surface area contributed by atoms with E-state index in [1.54, 1.807) is 7.11 Å². The molecule has 2 atom stereocenters. The maximum Gasteiger partial charge on any atom is 0.0778 e. The summed E-state index contributed by atoms with van der Waals surface area (Å²) >= 11 is 0. The molecule has 0 aliphatic rings. The summed E-state index contributed by atoms with van der Waals surface area (Å²) in [5, 5.41) is 8.09. The van der Waals surface area contributed by atoms with Crippen LogP contribution in [0, 0.1) is 0 Å². The zero-order valence-electron chi connectivity index (χ0n) is 13.1. The predicted octanol–water partition coefficient (Wildman–Crippen LogP) is 3.34. The SMILES string of the molecule is CCCNC(c1ccnn1-c1ccccc1)C(CC)OC. The lowest BCUT2D eigenvalue weighted by Gasteiger charge is -2.27. The molecule has 4 nitrogen and oxygen atoms in total. The molecule has 114 valence electrons. The Morgan fingerprint density at radius 3 is 2.57 bits per heavy atom. The molecule has 1 N–H and O–H groups in total. The Hall–Kier alpha value is -1.65. The summed E-state index contributed by atoms with van der Waals surface area (Å²) < 4.78 is 7.66. The molecular weight excluding hydrogens is 262 g/mol. The summed E-state index contributed by atoms with van der Waals surface area (Å²) in [5.41, 5.74) is 2.22. The van der Waals surface area contributed by atoms with Crippen LogP contribution in [-0.4, -0.2) is 29.5 Å². The van der Waals surface area contributed by atoms with Crippen LogP contribution in [0.2, 0.25) is 0 Å². The van der Waals surface area contributed by atoms with Crippen LogP contribution in [0.3, 0.4) is 0 Å². The van der Waals surface area contributed by atoms with Crippen molar-refractivity contribution in [3.05, 3.63) is 48.3 Å². The molecule has 0 radical (unpaired) electrons. The van der Waals surface area contributed by atoms with Crippen molar-refractivity contribution in [1.29, 1.82) is 0 Å². The Labute approximate surface area is 127 Å². The number of aromatic nitrogens is 2. The zero-order valence-corrected chi connectivity index (χ0v) is 13.1. The van der Waals surface area contributed by atoms with Crippen LogP contribution in [0.25, 0.3) is 5.69 Å². The van der Waals surface area contributed by atoms with Crippen LogP contribution >= 0.6 is 0 Å². The number of hydrogen-bond acceptors (Lipinski definition) is 3. The van der Waals surface area contributed by atoms with Gasteiger partial charge in [-0.15, -0.1) is 0 Å². The van der Waals surface area contributed by atoms with Gasteiger partial charge in [0.2, 0.25) is 0 Å². The average Bonchev–Trinajstić information content (AvgIpc) is 3.01. The van der Waals surface area contributed by atoms with Gasteiger partial charge < -0.3 is 10.1 Å². The van der Waals surface area contributed by atoms with Gasteiger partial charge in [0.25, 0.3) is 0 Å². The molecule has 21 heavy (non-hydrogen) atoms. The van der Waals surface area contributed by atoms with Crippen molar-refractivity contribution < 1.29 is 4.74 Å². The van der Waals surface area contributed by atoms with Crippen molar-refractivity contribution in [2.45, 2.75) is 38.8 Å².